The van der Waals surface area contributed by atoms with Crippen LogP contribution in [0.25, 0.3) is 5.57 Å². The van der Waals surface area contributed by atoms with E-state index in [9.17, 15) is 0 Å². The van der Waals surface area contributed by atoms with Crippen LogP contribution in [0.3, 0.4) is 0 Å². The maximum atomic E-state index is 3.87. The molecule has 0 unspecified atom stereocenters. The van der Waals surface area contributed by atoms with Crippen molar-refractivity contribution in [1.82, 2.24) is 0 Å². The van der Waals surface area contributed by atoms with Gasteiger partial charge in [0.1, 0.15) is 0 Å². The van der Waals surface area contributed by atoms with Crippen LogP contribution >= 0.6 is 0 Å². The van der Waals surface area contributed by atoms with Crippen molar-refractivity contribution in [2.24, 2.45) is 0 Å². The summed E-state index contributed by atoms with van der Waals surface area (Å²) in [5.74, 6) is 5.77. The summed E-state index contributed by atoms with van der Waals surface area (Å²) in [6.45, 7) is 7.76. The highest BCUT2D eigenvalue weighted by Crippen LogP contribution is 2.11. The smallest absolute Gasteiger partial charge is 0.0245 e. The molecule has 0 radical (unpaired) electrons. The molecule has 0 heterocycles. The van der Waals surface area contributed by atoms with Gasteiger partial charge < -0.3 is 0 Å². The van der Waals surface area contributed by atoms with Gasteiger partial charge in [0.15, 0.2) is 0 Å². The van der Waals surface area contributed by atoms with Crippen molar-refractivity contribution in [3.05, 3.63) is 42.0 Å². The van der Waals surface area contributed by atoms with E-state index in [2.05, 4.69) is 37.5 Å². The van der Waals surface area contributed by atoms with E-state index in [0.29, 0.717) is 0 Å². The molecule has 0 aromatic heterocycles. The predicted octanol–water partition coefficient (Wildman–Crippen LogP) is 3.03. The molecule has 0 aliphatic rings. The first kappa shape index (κ1) is 8.62. The first-order valence-corrected chi connectivity index (χ1v) is 3.92. The van der Waals surface area contributed by atoms with Gasteiger partial charge in [-0.1, -0.05) is 42.3 Å². The lowest BCUT2D eigenvalue weighted by molar-refractivity contribution is 1.46. The molecular weight excluding hydrogens is 144 g/mol. The van der Waals surface area contributed by atoms with Gasteiger partial charge in [-0.15, -0.1) is 5.92 Å². The first-order valence-electron chi connectivity index (χ1n) is 3.92. The molecule has 0 nitrogen and oxygen atoms in total. The summed E-state index contributed by atoms with van der Waals surface area (Å²) in [5, 5.41) is 0. The Morgan fingerprint density at radius 2 is 1.83 bits per heavy atom. The molecule has 0 spiro atoms. The molecule has 0 saturated carbocycles. The second-order valence-electron chi connectivity index (χ2n) is 2.72. The number of aryl methyl sites for hydroxylation is 1. The third-order valence-electron chi connectivity index (χ3n) is 1.68. The van der Waals surface area contributed by atoms with Crippen LogP contribution in [0.15, 0.2) is 30.8 Å². The Morgan fingerprint density at radius 3 is 2.33 bits per heavy atom. The Hall–Kier alpha value is -1.48. The fraction of sp³-hybridized carbons (Fsp3) is 0.167. The number of rotatable bonds is 1. The summed E-state index contributed by atoms with van der Waals surface area (Å²) in [7, 11) is 0. The molecule has 0 aliphatic heterocycles. The zero-order valence-corrected chi connectivity index (χ0v) is 7.52. The Kier molecular flexibility index (Phi) is 2.71. The summed E-state index contributed by atoms with van der Waals surface area (Å²) < 4.78 is 0. The summed E-state index contributed by atoms with van der Waals surface area (Å²) in [6.07, 6.45) is 0. The number of hydrogen-bond acceptors (Lipinski definition) is 0. The topological polar surface area (TPSA) is 0 Å². The molecule has 1 rings (SSSR count). The Labute approximate surface area is 73.9 Å². The lowest BCUT2D eigenvalue weighted by Gasteiger charge is -1.97. The van der Waals surface area contributed by atoms with Crippen molar-refractivity contribution < 1.29 is 0 Å². The van der Waals surface area contributed by atoms with E-state index in [1.807, 2.05) is 19.1 Å². The molecular formula is C12H12. The lowest BCUT2D eigenvalue weighted by atomic mass is 10.1. The molecule has 0 saturated heterocycles. The molecule has 0 amide bonds. The summed E-state index contributed by atoms with van der Waals surface area (Å²) >= 11 is 0. The van der Waals surface area contributed by atoms with Gasteiger partial charge in [-0.25, -0.2) is 0 Å². The maximum Gasteiger partial charge on any atom is 0.0245 e. The Morgan fingerprint density at radius 1 is 1.25 bits per heavy atom. The third-order valence-corrected chi connectivity index (χ3v) is 1.68. The summed E-state index contributed by atoms with van der Waals surface area (Å²) in [5.41, 5.74) is 3.25. The minimum absolute atomic E-state index is 0.887. The van der Waals surface area contributed by atoms with Gasteiger partial charge in [-0.05, 0) is 19.4 Å². The van der Waals surface area contributed by atoms with Crippen LogP contribution in [0.1, 0.15) is 18.1 Å². The van der Waals surface area contributed by atoms with Crippen LogP contribution in [0.4, 0.5) is 0 Å². The molecule has 0 bridgehead atoms. The van der Waals surface area contributed by atoms with Crippen molar-refractivity contribution in [2.45, 2.75) is 13.8 Å². The highest BCUT2D eigenvalue weighted by molar-refractivity contribution is 5.76. The van der Waals surface area contributed by atoms with Gasteiger partial charge in [0, 0.05) is 5.57 Å². The van der Waals surface area contributed by atoms with E-state index in [-0.39, 0.29) is 0 Å². The minimum atomic E-state index is 0.887. The lowest BCUT2D eigenvalue weighted by Crippen LogP contribution is -1.79. The first-order chi connectivity index (χ1) is 5.74. The fourth-order valence-corrected chi connectivity index (χ4v) is 0.978. The van der Waals surface area contributed by atoms with E-state index in [0.717, 1.165) is 11.1 Å². The molecule has 1 aromatic carbocycles. The zero-order chi connectivity index (χ0) is 8.97. The van der Waals surface area contributed by atoms with Gasteiger partial charge in [0.25, 0.3) is 0 Å². The summed E-state index contributed by atoms with van der Waals surface area (Å²) in [6, 6.07) is 8.22. The molecule has 0 fully saturated rings. The molecule has 0 N–H and O–H groups in total. The Bertz CT molecular complexity index is 331. The number of benzene rings is 1. The normalized spacial score (nSPS) is 8.50. The van der Waals surface area contributed by atoms with E-state index in [1.54, 1.807) is 0 Å². The molecule has 0 heteroatoms. The average molecular weight is 156 g/mol. The van der Waals surface area contributed by atoms with E-state index in [1.165, 1.54) is 5.56 Å². The van der Waals surface area contributed by atoms with Gasteiger partial charge in [-0.3, -0.25) is 0 Å². The highest BCUT2D eigenvalue weighted by atomic mass is 14.0. The van der Waals surface area contributed by atoms with Gasteiger partial charge in [0.05, 0.1) is 0 Å². The molecule has 1 aromatic rings. The second-order valence-corrected chi connectivity index (χ2v) is 2.72. The van der Waals surface area contributed by atoms with Crippen molar-refractivity contribution in [1.29, 1.82) is 0 Å². The quantitative estimate of drug-likeness (QED) is 0.548. The monoisotopic (exact) mass is 156 g/mol. The second kappa shape index (κ2) is 3.78. The van der Waals surface area contributed by atoms with Gasteiger partial charge in [-0.2, -0.15) is 0 Å². The largest absolute Gasteiger partial charge is 0.101 e. The zero-order valence-electron chi connectivity index (χ0n) is 7.52. The average Bonchev–Trinajstić information content (AvgIpc) is 2.06. The summed E-state index contributed by atoms with van der Waals surface area (Å²) in [4.78, 5) is 0. The molecule has 12 heavy (non-hydrogen) atoms. The number of hydrogen-bond donors (Lipinski definition) is 0. The SMILES string of the molecule is C=C(C#CC)c1ccc(C)cc1. The van der Waals surface area contributed by atoms with Gasteiger partial charge >= 0.3 is 0 Å². The molecule has 0 aliphatic carbocycles. The van der Waals surface area contributed by atoms with Crippen LogP contribution in [-0.2, 0) is 0 Å². The van der Waals surface area contributed by atoms with Crippen LogP contribution in [-0.4, -0.2) is 0 Å². The molecule has 60 valence electrons. The Balaban J connectivity index is 2.95. The van der Waals surface area contributed by atoms with Crippen molar-refractivity contribution in [3.8, 4) is 11.8 Å². The number of allylic oxidation sites excluding steroid dienone is 1. The third kappa shape index (κ3) is 2.00. The van der Waals surface area contributed by atoms with Crippen molar-refractivity contribution in [2.75, 3.05) is 0 Å². The highest BCUT2D eigenvalue weighted by Gasteiger charge is 1.92. The van der Waals surface area contributed by atoms with Crippen LogP contribution in [0.2, 0.25) is 0 Å². The van der Waals surface area contributed by atoms with Crippen LogP contribution in [0, 0.1) is 18.8 Å². The van der Waals surface area contributed by atoms with E-state index in [4.69, 9.17) is 0 Å². The van der Waals surface area contributed by atoms with E-state index < -0.39 is 0 Å². The minimum Gasteiger partial charge on any atom is -0.101 e. The van der Waals surface area contributed by atoms with Gasteiger partial charge in [0.2, 0.25) is 0 Å². The maximum absolute atomic E-state index is 3.87. The van der Waals surface area contributed by atoms with Crippen LogP contribution < -0.4 is 0 Å². The van der Waals surface area contributed by atoms with Crippen molar-refractivity contribution in [3.63, 3.8) is 0 Å². The standard InChI is InChI=1S/C12H12/c1-4-5-11(3)12-8-6-10(2)7-9-12/h6-9H,3H2,1-2H3. The molecule has 0 atom stereocenters. The van der Waals surface area contributed by atoms with Crippen LogP contribution in [0.5, 0.6) is 0 Å². The van der Waals surface area contributed by atoms with E-state index >= 15 is 0 Å². The fourth-order valence-electron chi connectivity index (χ4n) is 0.978. The van der Waals surface area contributed by atoms with Crippen molar-refractivity contribution >= 4 is 5.57 Å². The predicted molar refractivity (Wildman–Crippen MR) is 53.7 cm³/mol.